The van der Waals surface area contributed by atoms with Crippen LogP contribution < -0.4 is 0 Å². The summed E-state index contributed by atoms with van der Waals surface area (Å²) in [7, 11) is -4.83. The van der Waals surface area contributed by atoms with E-state index >= 15 is 0 Å². The van der Waals surface area contributed by atoms with E-state index in [9.17, 15) is 18.0 Å². The van der Waals surface area contributed by atoms with Crippen LogP contribution in [0.15, 0.2) is 0 Å². The van der Waals surface area contributed by atoms with Crippen LogP contribution in [0.25, 0.3) is 0 Å². The van der Waals surface area contributed by atoms with Gasteiger partial charge in [-0.15, -0.1) is 0 Å². The summed E-state index contributed by atoms with van der Waals surface area (Å²) in [5, 5.41) is -3.56. The number of esters is 2. The number of ether oxygens (including phenoxy) is 2. The van der Waals surface area contributed by atoms with Gasteiger partial charge in [-0.25, -0.2) is 0 Å². The Bertz CT molecular complexity index is 485. The van der Waals surface area contributed by atoms with E-state index in [1.165, 1.54) is 0 Å². The number of hydrogen-bond acceptors (Lipinski definition) is 6. The van der Waals surface area contributed by atoms with E-state index in [4.69, 9.17) is 32.5 Å². The van der Waals surface area contributed by atoms with Gasteiger partial charge in [0.25, 0.3) is 15.1 Å². The van der Waals surface area contributed by atoms with Crippen molar-refractivity contribution in [1.29, 1.82) is 0 Å². The van der Waals surface area contributed by atoms with Gasteiger partial charge in [0.1, 0.15) is 0 Å². The molecule has 0 heterocycles. The minimum absolute atomic E-state index is 0. The van der Waals surface area contributed by atoms with Crippen molar-refractivity contribution in [2.45, 2.75) is 56.2 Å². The molecule has 0 aromatic carbocycles. The molecule has 0 saturated heterocycles. The van der Waals surface area contributed by atoms with Crippen molar-refractivity contribution >= 4 is 74.8 Å². The molecule has 0 aromatic heterocycles. The van der Waals surface area contributed by atoms with Crippen LogP contribution in [0.2, 0.25) is 0 Å². The number of hydrogen-bond donors (Lipinski definition) is 1. The molecule has 0 saturated carbocycles. The van der Waals surface area contributed by atoms with Crippen LogP contribution in [0.1, 0.15) is 46.0 Å². The van der Waals surface area contributed by atoms with Crippen molar-refractivity contribution in [3.05, 3.63) is 0 Å². The van der Waals surface area contributed by atoms with Gasteiger partial charge in [0.15, 0.2) is 5.25 Å². The molecular weight excluding hydrogens is 394 g/mol. The molecule has 0 fully saturated rings. The summed E-state index contributed by atoms with van der Waals surface area (Å²) in [6, 6.07) is 0. The molecule has 0 amide bonds. The maximum absolute atomic E-state index is 11.9. The Balaban J connectivity index is 0. The predicted molar refractivity (Wildman–Crippen MR) is 93.0 cm³/mol. The molecule has 11 heteroatoms. The van der Waals surface area contributed by atoms with Crippen LogP contribution in [0, 0.1) is 5.92 Å². The fourth-order valence-corrected chi connectivity index (χ4v) is 2.66. The monoisotopic (exact) mass is 416 g/mol. The normalized spacial score (nSPS) is 13.8. The van der Waals surface area contributed by atoms with Crippen molar-refractivity contribution in [3.8, 4) is 0 Å². The first-order chi connectivity index (χ1) is 10.6. The molecular formula is C13H23Cl2NaO7S. The molecule has 7 nitrogen and oxygen atoms in total. The Kier molecular flexibility index (Phi) is 15.1. The van der Waals surface area contributed by atoms with Gasteiger partial charge in [-0.3, -0.25) is 14.1 Å². The van der Waals surface area contributed by atoms with Gasteiger partial charge < -0.3 is 9.47 Å². The fourth-order valence-electron chi connectivity index (χ4n) is 1.80. The molecule has 0 spiro atoms. The Morgan fingerprint density at radius 2 is 1.79 bits per heavy atom. The van der Waals surface area contributed by atoms with E-state index in [1.54, 1.807) is 0 Å². The Morgan fingerprint density at radius 1 is 1.21 bits per heavy atom. The van der Waals surface area contributed by atoms with E-state index in [0.29, 0.717) is 0 Å². The number of carbonyl (C=O) groups is 2. The molecule has 0 aliphatic carbocycles. The number of alkyl halides is 2. The van der Waals surface area contributed by atoms with E-state index in [2.05, 4.69) is 4.74 Å². The van der Waals surface area contributed by atoms with Gasteiger partial charge >= 0.3 is 41.5 Å². The van der Waals surface area contributed by atoms with Gasteiger partial charge in [0.2, 0.25) is 0 Å². The minimum atomic E-state index is -4.83. The van der Waals surface area contributed by atoms with E-state index in [1.807, 2.05) is 13.8 Å². The first kappa shape index (κ1) is 26.7. The second-order valence-corrected chi connectivity index (χ2v) is 7.62. The zero-order valence-electron chi connectivity index (χ0n) is 13.0. The Labute approximate surface area is 174 Å². The van der Waals surface area contributed by atoms with E-state index in [-0.39, 0.29) is 42.1 Å². The number of halogens is 2. The zero-order valence-corrected chi connectivity index (χ0v) is 15.4. The number of rotatable bonds is 11. The molecule has 0 rings (SSSR count). The molecule has 0 aliphatic heterocycles. The summed E-state index contributed by atoms with van der Waals surface area (Å²) in [4.78, 5) is 23.2. The molecule has 0 bridgehead atoms. The predicted octanol–water partition coefficient (Wildman–Crippen LogP) is 2.05. The SMILES string of the molecule is CCCCC(CC)COC(=O)C(CC(=O)OC(Cl)Cl)S(=O)(=O)O.[NaH]. The summed E-state index contributed by atoms with van der Waals surface area (Å²) in [5.41, 5.74) is 0. The fraction of sp³-hybridized carbons (Fsp3) is 0.846. The molecule has 2 unspecified atom stereocenters. The molecule has 0 aromatic rings. The second-order valence-electron chi connectivity index (χ2n) is 5.00. The van der Waals surface area contributed by atoms with E-state index in [0.717, 1.165) is 25.7 Å². The zero-order chi connectivity index (χ0) is 18.0. The maximum atomic E-state index is 11.9. The molecule has 24 heavy (non-hydrogen) atoms. The van der Waals surface area contributed by atoms with Crippen LogP contribution in [-0.4, -0.2) is 71.3 Å². The summed E-state index contributed by atoms with van der Waals surface area (Å²) >= 11 is 10.4. The van der Waals surface area contributed by atoms with Crippen molar-refractivity contribution in [3.63, 3.8) is 0 Å². The molecule has 138 valence electrons. The van der Waals surface area contributed by atoms with Crippen LogP contribution >= 0.6 is 23.2 Å². The standard InChI is InChI=1S/C13H22Cl2O7S.Na.H/c1-3-5-6-9(4-2)8-21-12(17)10(23(18,19)20)7-11(16)22-13(14)15;;/h9-10,13H,3-8H2,1-2H3,(H,18,19,20);;. The average Bonchev–Trinajstić information content (AvgIpc) is 2.42. The van der Waals surface area contributed by atoms with Crippen LogP contribution in [0.3, 0.4) is 0 Å². The summed E-state index contributed by atoms with van der Waals surface area (Å²) < 4.78 is 40.9. The van der Waals surface area contributed by atoms with Gasteiger partial charge in [0.05, 0.1) is 13.0 Å². The Hall–Kier alpha value is 0.430. The summed E-state index contributed by atoms with van der Waals surface area (Å²) in [6.07, 6.45) is 2.60. The molecule has 0 aliphatic rings. The Morgan fingerprint density at radius 3 is 2.21 bits per heavy atom. The van der Waals surface area contributed by atoms with Crippen molar-refractivity contribution < 1.29 is 32.0 Å². The summed E-state index contributed by atoms with van der Waals surface area (Å²) in [5.74, 6) is -2.26. The van der Waals surface area contributed by atoms with Crippen LogP contribution in [-0.2, 0) is 29.2 Å². The van der Waals surface area contributed by atoms with Crippen molar-refractivity contribution in [2.24, 2.45) is 5.92 Å². The van der Waals surface area contributed by atoms with Crippen molar-refractivity contribution in [2.75, 3.05) is 6.61 Å². The van der Waals surface area contributed by atoms with Gasteiger partial charge in [-0.05, 0) is 12.3 Å². The average molecular weight is 417 g/mol. The van der Waals surface area contributed by atoms with Gasteiger partial charge in [-0.1, -0.05) is 56.3 Å². The van der Waals surface area contributed by atoms with Gasteiger partial charge in [0, 0.05) is 0 Å². The summed E-state index contributed by atoms with van der Waals surface area (Å²) in [6.45, 7) is 3.97. The number of carbonyl (C=O) groups excluding carboxylic acids is 2. The molecule has 2 atom stereocenters. The van der Waals surface area contributed by atoms with Crippen molar-refractivity contribution in [1.82, 2.24) is 0 Å². The topological polar surface area (TPSA) is 107 Å². The first-order valence-electron chi connectivity index (χ1n) is 7.22. The van der Waals surface area contributed by atoms with E-state index < -0.39 is 38.7 Å². The van der Waals surface area contributed by atoms with Crippen LogP contribution in [0.5, 0.6) is 0 Å². The third-order valence-electron chi connectivity index (χ3n) is 3.20. The van der Waals surface area contributed by atoms with Gasteiger partial charge in [-0.2, -0.15) is 8.42 Å². The third-order valence-corrected chi connectivity index (χ3v) is 4.46. The quantitative estimate of drug-likeness (QED) is 0.237. The molecule has 0 radical (unpaired) electrons. The third kappa shape index (κ3) is 11.9. The number of unbranched alkanes of at least 4 members (excludes halogenated alkanes) is 1. The second kappa shape index (κ2) is 13.6. The first-order valence-corrected chi connectivity index (χ1v) is 9.59. The molecule has 1 N–H and O–H groups in total. The van der Waals surface area contributed by atoms with Crippen LogP contribution in [0.4, 0.5) is 0 Å².